The molecule has 0 amide bonds. The molecule has 1 aliphatic carbocycles. The quantitative estimate of drug-likeness (QED) is 0.906. The highest BCUT2D eigenvalue weighted by molar-refractivity contribution is 5.29. The van der Waals surface area contributed by atoms with Crippen LogP contribution >= 0.6 is 0 Å². The summed E-state index contributed by atoms with van der Waals surface area (Å²) in [7, 11) is 1.80. The minimum atomic E-state index is -4.18. The molecule has 1 unspecified atom stereocenters. The first-order chi connectivity index (χ1) is 8.18. The first-order valence-electron chi connectivity index (χ1n) is 6.02. The molecule has 1 heterocycles. The SMILES string of the molecule is Cc1nn(C)c(C)c1C(C)NC1(C(F)(F)F)CC1. The molecule has 102 valence electrons. The van der Waals surface area contributed by atoms with Crippen molar-refractivity contribution in [2.24, 2.45) is 7.05 Å². The van der Waals surface area contributed by atoms with Crippen molar-refractivity contribution < 1.29 is 13.2 Å². The lowest BCUT2D eigenvalue weighted by Gasteiger charge is -2.25. The lowest BCUT2D eigenvalue weighted by atomic mass is 10.0. The third-order valence-corrected chi connectivity index (χ3v) is 3.78. The van der Waals surface area contributed by atoms with Crippen molar-refractivity contribution >= 4 is 0 Å². The van der Waals surface area contributed by atoms with Crippen molar-refractivity contribution in [3.63, 3.8) is 0 Å². The molecule has 1 aromatic heterocycles. The molecule has 0 spiro atoms. The highest BCUT2D eigenvalue weighted by Gasteiger charge is 2.63. The van der Waals surface area contributed by atoms with E-state index in [1.54, 1.807) is 18.7 Å². The molecule has 6 heteroatoms. The van der Waals surface area contributed by atoms with Crippen molar-refractivity contribution in [3.8, 4) is 0 Å². The molecule has 1 aromatic rings. The molecule has 0 saturated heterocycles. The molecular weight excluding hydrogens is 243 g/mol. The van der Waals surface area contributed by atoms with Crippen LogP contribution in [0.3, 0.4) is 0 Å². The van der Waals surface area contributed by atoms with E-state index in [2.05, 4.69) is 10.4 Å². The molecule has 1 aliphatic rings. The number of nitrogens with zero attached hydrogens (tertiary/aromatic N) is 2. The Morgan fingerprint density at radius 3 is 2.22 bits per heavy atom. The van der Waals surface area contributed by atoms with Crippen molar-refractivity contribution in [3.05, 3.63) is 17.0 Å². The number of alkyl halides is 3. The first kappa shape index (κ1) is 13.4. The molecule has 0 bridgehead atoms. The normalized spacial score (nSPS) is 19.9. The van der Waals surface area contributed by atoms with E-state index in [0.29, 0.717) is 0 Å². The van der Waals surface area contributed by atoms with Gasteiger partial charge in [-0.2, -0.15) is 18.3 Å². The third-order valence-electron chi connectivity index (χ3n) is 3.78. The first-order valence-corrected chi connectivity index (χ1v) is 6.02. The Labute approximate surface area is 104 Å². The number of hydrogen-bond donors (Lipinski definition) is 1. The van der Waals surface area contributed by atoms with Gasteiger partial charge in [-0.15, -0.1) is 0 Å². The minimum Gasteiger partial charge on any atom is -0.297 e. The second-order valence-electron chi connectivity index (χ2n) is 5.15. The number of halogens is 3. The highest BCUT2D eigenvalue weighted by atomic mass is 19.4. The summed E-state index contributed by atoms with van der Waals surface area (Å²) < 4.78 is 40.4. The molecule has 0 radical (unpaired) electrons. The Morgan fingerprint density at radius 2 is 1.89 bits per heavy atom. The predicted molar refractivity (Wildman–Crippen MR) is 62.3 cm³/mol. The molecule has 1 saturated carbocycles. The number of rotatable bonds is 3. The Morgan fingerprint density at radius 1 is 1.33 bits per heavy atom. The number of aryl methyl sites for hydroxylation is 2. The summed E-state index contributed by atoms with van der Waals surface area (Å²) in [5, 5.41) is 6.98. The van der Waals surface area contributed by atoms with Gasteiger partial charge in [-0.3, -0.25) is 10.00 Å². The van der Waals surface area contributed by atoms with Gasteiger partial charge in [0.2, 0.25) is 0 Å². The fourth-order valence-electron chi connectivity index (χ4n) is 2.54. The van der Waals surface area contributed by atoms with Crippen LogP contribution in [-0.2, 0) is 7.05 Å². The largest absolute Gasteiger partial charge is 0.406 e. The molecule has 1 N–H and O–H groups in total. The Hall–Kier alpha value is -1.04. The van der Waals surface area contributed by atoms with Crippen molar-refractivity contribution in [1.29, 1.82) is 0 Å². The van der Waals surface area contributed by atoms with Gasteiger partial charge in [-0.25, -0.2) is 0 Å². The summed E-state index contributed by atoms with van der Waals surface area (Å²) in [5.74, 6) is 0. The van der Waals surface area contributed by atoms with E-state index in [1.165, 1.54) is 0 Å². The second kappa shape index (κ2) is 3.98. The molecule has 2 rings (SSSR count). The highest BCUT2D eigenvalue weighted by Crippen LogP contribution is 2.50. The van der Waals surface area contributed by atoms with Crippen molar-refractivity contribution in [1.82, 2.24) is 15.1 Å². The summed E-state index contributed by atoms with van der Waals surface area (Å²) >= 11 is 0. The van der Waals surface area contributed by atoms with Gasteiger partial charge >= 0.3 is 6.18 Å². The van der Waals surface area contributed by atoms with Gasteiger partial charge in [-0.1, -0.05) is 0 Å². The Kier molecular flexibility index (Phi) is 2.96. The summed E-state index contributed by atoms with van der Waals surface area (Å²) in [6.45, 7) is 5.47. The Balaban J connectivity index is 2.21. The van der Waals surface area contributed by atoms with Crippen LogP contribution in [-0.4, -0.2) is 21.5 Å². The van der Waals surface area contributed by atoms with Gasteiger partial charge in [0.15, 0.2) is 0 Å². The molecule has 1 atom stereocenters. The fourth-order valence-corrected chi connectivity index (χ4v) is 2.54. The zero-order chi connectivity index (χ0) is 13.7. The Bertz CT molecular complexity index is 458. The van der Waals surface area contributed by atoms with E-state index >= 15 is 0 Å². The zero-order valence-corrected chi connectivity index (χ0v) is 11.0. The number of nitrogens with one attached hydrogen (secondary N) is 1. The van der Waals surface area contributed by atoms with Gasteiger partial charge in [-0.05, 0) is 33.6 Å². The maximum absolute atomic E-state index is 12.9. The maximum Gasteiger partial charge on any atom is 0.406 e. The van der Waals surface area contributed by atoms with Crippen LogP contribution in [0.4, 0.5) is 13.2 Å². The van der Waals surface area contributed by atoms with Crippen LogP contribution in [0.15, 0.2) is 0 Å². The predicted octanol–water partition coefficient (Wildman–Crippen LogP) is 2.78. The molecule has 0 aliphatic heterocycles. The summed E-state index contributed by atoms with van der Waals surface area (Å²) in [5.41, 5.74) is 0.882. The summed E-state index contributed by atoms with van der Waals surface area (Å²) in [6.07, 6.45) is -3.84. The number of hydrogen-bond acceptors (Lipinski definition) is 2. The van der Waals surface area contributed by atoms with E-state index in [-0.39, 0.29) is 18.9 Å². The van der Waals surface area contributed by atoms with Crippen LogP contribution in [0.1, 0.15) is 42.8 Å². The van der Waals surface area contributed by atoms with E-state index in [0.717, 1.165) is 17.0 Å². The molecule has 18 heavy (non-hydrogen) atoms. The lowest BCUT2D eigenvalue weighted by molar-refractivity contribution is -0.167. The van der Waals surface area contributed by atoms with E-state index in [1.807, 2.05) is 13.8 Å². The summed E-state index contributed by atoms with van der Waals surface area (Å²) in [4.78, 5) is 0. The smallest absolute Gasteiger partial charge is 0.297 e. The fraction of sp³-hybridized carbons (Fsp3) is 0.750. The van der Waals surface area contributed by atoms with Crippen LogP contribution in [0.2, 0.25) is 0 Å². The lowest BCUT2D eigenvalue weighted by Crippen LogP contribution is -2.46. The van der Waals surface area contributed by atoms with Gasteiger partial charge in [0.25, 0.3) is 0 Å². The molecule has 3 nitrogen and oxygen atoms in total. The average molecular weight is 261 g/mol. The van der Waals surface area contributed by atoms with Gasteiger partial charge in [0.1, 0.15) is 5.54 Å². The standard InChI is InChI=1S/C12H18F3N3/c1-7(10-8(2)17-18(4)9(10)3)16-11(5-6-11)12(13,14)15/h7,16H,5-6H2,1-4H3. The van der Waals surface area contributed by atoms with E-state index in [4.69, 9.17) is 0 Å². The molecular formula is C12H18F3N3. The zero-order valence-electron chi connectivity index (χ0n) is 11.0. The van der Waals surface area contributed by atoms with E-state index in [9.17, 15) is 13.2 Å². The number of aromatic nitrogens is 2. The van der Waals surface area contributed by atoms with Crippen LogP contribution < -0.4 is 5.32 Å². The minimum absolute atomic E-state index is 0.166. The second-order valence-corrected chi connectivity index (χ2v) is 5.15. The van der Waals surface area contributed by atoms with Crippen molar-refractivity contribution in [2.45, 2.75) is 51.4 Å². The van der Waals surface area contributed by atoms with E-state index < -0.39 is 11.7 Å². The van der Waals surface area contributed by atoms with Crippen molar-refractivity contribution in [2.75, 3.05) is 0 Å². The van der Waals surface area contributed by atoms with Crippen LogP contribution in [0.5, 0.6) is 0 Å². The third kappa shape index (κ3) is 2.02. The monoisotopic (exact) mass is 261 g/mol. The van der Waals surface area contributed by atoms with Gasteiger partial charge in [0.05, 0.1) is 5.69 Å². The topological polar surface area (TPSA) is 29.9 Å². The average Bonchev–Trinajstić information content (AvgIpc) is 2.92. The van der Waals surface area contributed by atoms with Crippen LogP contribution in [0.25, 0.3) is 0 Å². The molecule has 1 fully saturated rings. The maximum atomic E-state index is 12.9. The van der Waals surface area contributed by atoms with Crippen LogP contribution in [0, 0.1) is 13.8 Å². The summed E-state index contributed by atoms with van der Waals surface area (Å²) in [6, 6.07) is -0.345. The molecule has 0 aromatic carbocycles. The van der Waals surface area contributed by atoms with Gasteiger partial charge in [0, 0.05) is 24.3 Å². The van der Waals surface area contributed by atoms with Gasteiger partial charge < -0.3 is 0 Å².